The summed E-state index contributed by atoms with van der Waals surface area (Å²) in [6.07, 6.45) is 4.91. The van der Waals surface area contributed by atoms with Crippen LogP contribution in [0, 0.1) is 6.92 Å². The molecule has 0 radical (unpaired) electrons. The highest BCUT2D eigenvalue weighted by Crippen LogP contribution is 2.33. The van der Waals surface area contributed by atoms with Crippen LogP contribution in [-0.2, 0) is 17.8 Å². The van der Waals surface area contributed by atoms with Crippen LogP contribution in [-0.4, -0.2) is 17.7 Å². The van der Waals surface area contributed by atoms with E-state index in [4.69, 9.17) is 15.2 Å². The largest absolute Gasteiger partial charge is 0.454 e. The summed E-state index contributed by atoms with van der Waals surface area (Å²) in [4.78, 5) is 16.8. The number of nitrogens with one attached hydrogen (secondary N) is 1. The van der Waals surface area contributed by atoms with Crippen molar-refractivity contribution in [1.82, 2.24) is 4.98 Å². The first-order valence-corrected chi connectivity index (χ1v) is 10.6. The Hall–Kier alpha value is -3.38. The lowest BCUT2D eigenvalue weighted by molar-refractivity contribution is -0.116. The van der Waals surface area contributed by atoms with E-state index < -0.39 is 0 Å². The highest BCUT2D eigenvalue weighted by Gasteiger charge is 2.13. The maximum absolute atomic E-state index is 12.3. The second kappa shape index (κ2) is 9.62. The number of rotatable bonds is 8. The van der Waals surface area contributed by atoms with Crippen LogP contribution < -0.4 is 20.5 Å². The quantitative estimate of drug-likeness (QED) is 0.523. The smallest absolute Gasteiger partial charge is 0.231 e. The summed E-state index contributed by atoms with van der Waals surface area (Å²) in [5, 5.41) is 2.91. The van der Waals surface area contributed by atoms with E-state index in [1.165, 1.54) is 5.56 Å². The number of benzene rings is 2. The van der Waals surface area contributed by atoms with E-state index in [0.717, 1.165) is 53.0 Å². The topological polar surface area (TPSA) is 86.5 Å². The molecule has 1 amide bonds. The first-order valence-electron chi connectivity index (χ1n) is 10.6. The van der Waals surface area contributed by atoms with E-state index in [1.54, 1.807) is 6.20 Å². The summed E-state index contributed by atoms with van der Waals surface area (Å²) >= 11 is 0. The number of amides is 1. The maximum atomic E-state index is 12.3. The molecule has 0 aliphatic carbocycles. The van der Waals surface area contributed by atoms with Crippen LogP contribution in [0.1, 0.15) is 36.0 Å². The summed E-state index contributed by atoms with van der Waals surface area (Å²) in [6, 6.07) is 16.0. The van der Waals surface area contributed by atoms with Gasteiger partial charge in [-0.3, -0.25) is 4.79 Å². The fourth-order valence-corrected chi connectivity index (χ4v) is 3.71. The minimum atomic E-state index is -0.0181. The Morgan fingerprint density at radius 1 is 1.06 bits per heavy atom. The second-order valence-electron chi connectivity index (χ2n) is 7.73. The fraction of sp³-hybridized carbons (Fsp3) is 0.280. The molecule has 2 heterocycles. The monoisotopic (exact) mass is 417 g/mol. The fourth-order valence-electron chi connectivity index (χ4n) is 3.71. The van der Waals surface area contributed by atoms with E-state index in [-0.39, 0.29) is 12.7 Å². The molecule has 0 atom stereocenters. The predicted molar refractivity (Wildman–Crippen MR) is 121 cm³/mol. The summed E-state index contributed by atoms with van der Waals surface area (Å²) in [5.41, 5.74) is 11.2. The van der Waals surface area contributed by atoms with Crippen LogP contribution in [0.5, 0.6) is 11.5 Å². The van der Waals surface area contributed by atoms with E-state index in [1.807, 2.05) is 49.4 Å². The average molecular weight is 418 g/mol. The predicted octanol–water partition coefficient (Wildman–Crippen LogP) is 4.60. The van der Waals surface area contributed by atoms with Crippen LogP contribution in [0.2, 0.25) is 0 Å². The minimum absolute atomic E-state index is 0.0181. The molecule has 4 rings (SSSR count). The molecular formula is C25H27N3O3. The van der Waals surface area contributed by atoms with E-state index in [0.29, 0.717) is 18.8 Å². The maximum Gasteiger partial charge on any atom is 0.231 e. The van der Waals surface area contributed by atoms with Gasteiger partial charge >= 0.3 is 0 Å². The van der Waals surface area contributed by atoms with Crippen molar-refractivity contribution in [2.75, 3.05) is 12.1 Å². The van der Waals surface area contributed by atoms with Crippen molar-refractivity contribution in [3.05, 3.63) is 71.4 Å². The van der Waals surface area contributed by atoms with Crippen molar-refractivity contribution in [2.45, 2.75) is 39.2 Å². The van der Waals surface area contributed by atoms with Gasteiger partial charge in [0.1, 0.15) is 5.82 Å². The van der Waals surface area contributed by atoms with Gasteiger partial charge in [0.05, 0.1) is 0 Å². The number of nitrogens with zero attached hydrogens (tertiary/aromatic N) is 1. The van der Waals surface area contributed by atoms with Crippen molar-refractivity contribution in [3.8, 4) is 22.6 Å². The Kier molecular flexibility index (Phi) is 6.48. The number of aromatic nitrogens is 1. The molecule has 3 aromatic rings. The third kappa shape index (κ3) is 5.22. The van der Waals surface area contributed by atoms with Gasteiger partial charge in [0.25, 0.3) is 0 Å². The minimum Gasteiger partial charge on any atom is -0.454 e. The average Bonchev–Trinajstić information content (AvgIpc) is 3.25. The van der Waals surface area contributed by atoms with Crippen LogP contribution >= 0.6 is 0 Å². The van der Waals surface area contributed by atoms with Crippen LogP contribution in [0.25, 0.3) is 11.1 Å². The number of hydrogen-bond acceptors (Lipinski definition) is 5. The molecule has 1 aliphatic rings. The molecule has 0 spiro atoms. The standard InChI is InChI=1S/C25H27N3O3/c1-17-11-24(27-15-21(17)20-7-4-6-19(12-20)14-26)28-25(29)8-3-2-5-18-9-10-22-23(13-18)31-16-30-22/h4,6-7,9-13,15H,2-3,5,8,14,16,26H2,1H3,(H,27,28,29). The molecule has 0 unspecified atom stereocenters. The van der Waals surface area contributed by atoms with Gasteiger partial charge in [0.15, 0.2) is 11.5 Å². The van der Waals surface area contributed by atoms with Gasteiger partial charge < -0.3 is 20.5 Å². The molecule has 0 bridgehead atoms. The van der Waals surface area contributed by atoms with Crippen molar-refractivity contribution in [3.63, 3.8) is 0 Å². The van der Waals surface area contributed by atoms with Gasteiger partial charge in [-0.2, -0.15) is 0 Å². The number of aryl methyl sites for hydroxylation is 2. The van der Waals surface area contributed by atoms with Crippen LogP contribution in [0.3, 0.4) is 0 Å². The lowest BCUT2D eigenvalue weighted by atomic mass is 10.0. The van der Waals surface area contributed by atoms with Crippen LogP contribution in [0.15, 0.2) is 54.7 Å². The van der Waals surface area contributed by atoms with Gasteiger partial charge in [0.2, 0.25) is 12.7 Å². The Morgan fingerprint density at radius 2 is 1.94 bits per heavy atom. The van der Waals surface area contributed by atoms with Crippen molar-refractivity contribution in [1.29, 1.82) is 0 Å². The lowest BCUT2D eigenvalue weighted by Crippen LogP contribution is -2.12. The summed E-state index contributed by atoms with van der Waals surface area (Å²) < 4.78 is 10.7. The molecule has 31 heavy (non-hydrogen) atoms. The Bertz CT molecular complexity index is 1080. The van der Waals surface area contributed by atoms with E-state index in [9.17, 15) is 4.79 Å². The van der Waals surface area contributed by atoms with Crippen LogP contribution in [0.4, 0.5) is 5.82 Å². The zero-order valence-electron chi connectivity index (χ0n) is 17.7. The third-order valence-corrected chi connectivity index (χ3v) is 5.41. The van der Waals surface area contributed by atoms with Gasteiger partial charge in [-0.15, -0.1) is 0 Å². The molecule has 6 nitrogen and oxygen atoms in total. The molecule has 160 valence electrons. The molecular weight excluding hydrogens is 390 g/mol. The number of hydrogen-bond donors (Lipinski definition) is 2. The zero-order valence-corrected chi connectivity index (χ0v) is 17.7. The Labute approximate surface area is 182 Å². The second-order valence-corrected chi connectivity index (χ2v) is 7.73. The van der Waals surface area contributed by atoms with Crippen molar-refractivity contribution < 1.29 is 14.3 Å². The number of nitrogens with two attached hydrogens (primary N) is 1. The van der Waals surface area contributed by atoms with Crippen molar-refractivity contribution >= 4 is 11.7 Å². The molecule has 3 N–H and O–H groups in total. The van der Waals surface area contributed by atoms with Gasteiger partial charge in [0, 0.05) is 24.7 Å². The molecule has 0 fully saturated rings. The van der Waals surface area contributed by atoms with Crippen molar-refractivity contribution in [2.24, 2.45) is 5.73 Å². The molecule has 1 aliphatic heterocycles. The Morgan fingerprint density at radius 3 is 2.77 bits per heavy atom. The van der Waals surface area contributed by atoms with Gasteiger partial charge in [-0.05, 0) is 72.7 Å². The number of pyridine rings is 1. The summed E-state index contributed by atoms with van der Waals surface area (Å²) in [7, 11) is 0. The number of fused-ring (bicyclic) bond motifs is 1. The van der Waals surface area contributed by atoms with E-state index >= 15 is 0 Å². The third-order valence-electron chi connectivity index (χ3n) is 5.41. The normalized spacial score (nSPS) is 12.1. The highest BCUT2D eigenvalue weighted by atomic mass is 16.7. The molecule has 6 heteroatoms. The summed E-state index contributed by atoms with van der Waals surface area (Å²) in [6.45, 7) is 2.81. The molecule has 2 aromatic carbocycles. The van der Waals surface area contributed by atoms with E-state index in [2.05, 4.69) is 16.4 Å². The lowest BCUT2D eigenvalue weighted by Gasteiger charge is -2.10. The molecule has 0 saturated heterocycles. The highest BCUT2D eigenvalue weighted by molar-refractivity contribution is 5.90. The first-order chi connectivity index (χ1) is 15.1. The Balaban J connectivity index is 1.27. The SMILES string of the molecule is Cc1cc(NC(=O)CCCCc2ccc3c(c2)OCO3)ncc1-c1cccc(CN)c1. The summed E-state index contributed by atoms with van der Waals surface area (Å²) in [5.74, 6) is 2.16. The molecule has 0 saturated carbocycles. The zero-order chi connectivity index (χ0) is 21.6. The van der Waals surface area contributed by atoms with Gasteiger partial charge in [-0.25, -0.2) is 4.98 Å². The number of carbonyl (C=O) groups is 1. The number of unbranched alkanes of at least 4 members (excludes halogenated alkanes) is 1. The number of anilines is 1. The first kappa shape index (κ1) is 20.9. The molecule has 1 aromatic heterocycles. The van der Waals surface area contributed by atoms with Gasteiger partial charge in [-0.1, -0.05) is 24.3 Å². The number of ether oxygens (including phenoxy) is 2. The number of carbonyl (C=O) groups excluding carboxylic acids is 1.